The van der Waals surface area contributed by atoms with Crippen LogP contribution in [-0.2, 0) is 16.0 Å². The van der Waals surface area contributed by atoms with Crippen LogP contribution in [0.5, 0.6) is 0 Å². The zero-order chi connectivity index (χ0) is 14.4. The Balaban J connectivity index is 3.10. The molecule has 0 N–H and O–H groups in total. The Morgan fingerprint density at radius 2 is 2.05 bits per heavy atom. The molecule has 0 aromatic heterocycles. The molecular formula is C13H13ClF2O3. The molecule has 0 bridgehead atoms. The van der Waals surface area contributed by atoms with E-state index < -0.39 is 18.0 Å². The lowest BCUT2D eigenvalue weighted by molar-refractivity contribution is -0.116. The minimum atomic E-state index is -2.78. The Kier molecular flexibility index (Phi) is 5.89. The molecule has 0 radical (unpaired) electrons. The van der Waals surface area contributed by atoms with Crippen LogP contribution in [0.4, 0.5) is 8.78 Å². The van der Waals surface area contributed by atoms with Crippen molar-refractivity contribution in [2.24, 2.45) is 0 Å². The Morgan fingerprint density at radius 1 is 1.37 bits per heavy atom. The molecule has 1 aromatic rings. The van der Waals surface area contributed by atoms with Gasteiger partial charge in [0, 0.05) is 12.0 Å². The van der Waals surface area contributed by atoms with E-state index in [1.807, 2.05) is 0 Å². The lowest BCUT2D eigenvalue weighted by atomic mass is 10.0. The van der Waals surface area contributed by atoms with Gasteiger partial charge in [-0.15, -0.1) is 11.6 Å². The minimum absolute atomic E-state index is 0.000572. The summed E-state index contributed by atoms with van der Waals surface area (Å²) in [7, 11) is 0. The maximum atomic E-state index is 12.8. The second-order valence-electron chi connectivity index (χ2n) is 3.79. The molecule has 0 aliphatic carbocycles. The molecule has 6 heteroatoms. The molecule has 0 fully saturated rings. The summed E-state index contributed by atoms with van der Waals surface area (Å²) < 4.78 is 30.3. The molecule has 0 heterocycles. The highest BCUT2D eigenvalue weighted by Crippen LogP contribution is 2.25. The number of alkyl halides is 3. The van der Waals surface area contributed by atoms with Gasteiger partial charge in [0.05, 0.1) is 18.1 Å². The molecule has 104 valence electrons. The van der Waals surface area contributed by atoms with Gasteiger partial charge < -0.3 is 4.74 Å². The molecule has 1 rings (SSSR count). The predicted molar refractivity (Wildman–Crippen MR) is 66.8 cm³/mol. The molecular weight excluding hydrogens is 278 g/mol. The zero-order valence-electron chi connectivity index (χ0n) is 10.3. The Hall–Kier alpha value is -1.49. The normalized spacial score (nSPS) is 10.6. The van der Waals surface area contributed by atoms with E-state index in [4.69, 9.17) is 16.3 Å². The minimum Gasteiger partial charge on any atom is -0.462 e. The van der Waals surface area contributed by atoms with Crippen molar-refractivity contribution in [2.45, 2.75) is 19.8 Å². The van der Waals surface area contributed by atoms with Crippen molar-refractivity contribution in [3.05, 3.63) is 34.9 Å². The number of rotatable bonds is 6. The molecule has 1 aromatic carbocycles. The van der Waals surface area contributed by atoms with Crippen LogP contribution < -0.4 is 0 Å². The fourth-order valence-corrected chi connectivity index (χ4v) is 1.66. The standard InChI is InChI=1S/C13H13ClF2O3/c1-2-19-13(18)11-6-8(5-9(17)7-14)3-4-10(11)12(15)16/h3-4,6,12H,2,5,7H2,1H3. The molecule has 0 aliphatic rings. The van der Waals surface area contributed by atoms with Crippen LogP contribution in [0, 0.1) is 0 Å². The second-order valence-corrected chi connectivity index (χ2v) is 4.06. The summed E-state index contributed by atoms with van der Waals surface area (Å²) in [4.78, 5) is 22.8. The van der Waals surface area contributed by atoms with E-state index in [2.05, 4.69) is 0 Å². The number of Topliss-reactive ketones (excluding diaryl/α,β-unsaturated/α-hetero) is 1. The second kappa shape index (κ2) is 7.19. The van der Waals surface area contributed by atoms with Crippen molar-refractivity contribution in [2.75, 3.05) is 12.5 Å². The zero-order valence-corrected chi connectivity index (χ0v) is 11.0. The lowest BCUT2D eigenvalue weighted by Crippen LogP contribution is -2.11. The van der Waals surface area contributed by atoms with E-state index >= 15 is 0 Å². The van der Waals surface area contributed by atoms with Crippen LogP contribution in [-0.4, -0.2) is 24.2 Å². The van der Waals surface area contributed by atoms with Crippen LogP contribution in [0.3, 0.4) is 0 Å². The maximum absolute atomic E-state index is 12.8. The van der Waals surface area contributed by atoms with Gasteiger partial charge in [-0.3, -0.25) is 4.79 Å². The van der Waals surface area contributed by atoms with Crippen molar-refractivity contribution >= 4 is 23.4 Å². The summed E-state index contributed by atoms with van der Waals surface area (Å²) in [5, 5.41) is 0. The molecule has 19 heavy (non-hydrogen) atoms. The van der Waals surface area contributed by atoms with Crippen molar-refractivity contribution in [1.82, 2.24) is 0 Å². The molecule has 0 unspecified atom stereocenters. The number of carbonyl (C=O) groups excluding carboxylic acids is 2. The summed E-state index contributed by atoms with van der Waals surface area (Å²) in [6, 6.07) is 3.77. The number of halogens is 3. The first kappa shape index (κ1) is 15.6. The summed E-state index contributed by atoms with van der Waals surface area (Å²) in [5.74, 6) is -1.23. The maximum Gasteiger partial charge on any atom is 0.338 e. The van der Waals surface area contributed by atoms with Crippen molar-refractivity contribution < 1.29 is 23.1 Å². The third-order valence-corrected chi connectivity index (χ3v) is 2.70. The molecule has 3 nitrogen and oxygen atoms in total. The molecule has 0 aliphatic heterocycles. The highest BCUT2D eigenvalue weighted by molar-refractivity contribution is 6.27. The van der Waals surface area contributed by atoms with Crippen molar-refractivity contribution in [3.8, 4) is 0 Å². The number of esters is 1. The first-order valence-electron chi connectivity index (χ1n) is 5.65. The van der Waals surface area contributed by atoms with Crippen LogP contribution in [0.1, 0.15) is 34.8 Å². The van der Waals surface area contributed by atoms with Crippen LogP contribution in [0.2, 0.25) is 0 Å². The van der Waals surface area contributed by atoms with Gasteiger partial charge in [-0.1, -0.05) is 12.1 Å². The van der Waals surface area contributed by atoms with Crippen LogP contribution >= 0.6 is 11.6 Å². The van der Waals surface area contributed by atoms with Gasteiger partial charge in [-0.05, 0) is 18.6 Å². The summed E-state index contributed by atoms with van der Waals surface area (Å²) in [6.07, 6.45) is -2.78. The molecule has 0 amide bonds. The monoisotopic (exact) mass is 290 g/mol. The van der Waals surface area contributed by atoms with Crippen molar-refractivity contribution in [1.29, 1.82) is 0 Å². The van der Waals surface area contributed by atoms with E-state index in [9.17, 15) is 18.4 Å². The number of ether oxygens (including phenoxy) is 1. The molecule has 0 saturated carbocycles. The Bertz CT molecular complexity index is 475. The number of carbonyl (C=O) groups is 2. The molecule has 0 saturated heterocycles. The summed E-state index contributed by atoms with van der Waals surface area (Å²) >= 11 is 5.37. The van der Waals surface area contributed by atoms with Gasteiger partial charge >= 0.3 is 5.97 Å². The largest absolute Gasteiger partial charge is 0.462 e. The Labute approximate surface area is 114 Å². The van der Waals surface area contributed by atoms with Gasteiger partial charge in [0.2, 0.25) is 0 Å². The topological polar surface area (TPSA) is 43.4 Å². The van der Waals surface area contributed by atoms with Gasteiger partial charge in [-0.25, -0.2) is 13.6 Å². The van der Waals surface area contributed by atoms with E-state index in [1.165, 1.54) is 12.1 Å². The first-order chi connectivity index (χ1) is 8.99. The fourth-order valence-electron chi connectivity index (χ4n) is 1.56. The van der Waals surface area contributed by atoms with Gasteiger partial charge in [0.25, 0.3) is 6.43 Å². The average Bonchev–Trinajstić information content (AvgIpc) is 2.38. The predicted octanol–water partition coefficient (Wildman–Crippen LogP) is 3.15. The average molecular weight is 291 g/mol. The number of benzene rings is 1. The molecule has 0 atom stereocenters. The third-order valence-electron chi connectivity index (χ3n) is 2.40. The van der Waals surface area contributed by atoms with Crippen molar-refractivity contribution in [3.63, 3.8) is 0 Å². The third kappa shape index (κ3) is 4.28. The van der Waals surface area contributed by atoms with Gasteiger partial charge in [0.1, 0.15) is 0 Å². The highest BCUT2D eigenvalue weighted by atomic mass is 35.5. The number of hydrogen-bond donors (Lipinski definition) is 0. The van der Waals surface area contributed by atoms with E-state index in [0.29, 0.717) is 5.56 Å². The number of hydrogen-bond acceptors (Lipinski definition) is 3. The fraction of sp³-hybridized carbons (Fsp3) is 0.385. The van der Waals surface area contributed by atoms with Gasteiger partial charge in [0.15, 0.2) is 5.78 Å². The summed E-state index contributed by atoms with van der Waals surface area (Å²) in [5.41, 5.74) is -0.157. The highest BCUT2D eigenvalue weighted by Gasteiger charge is 2.20. The summed E-state index contributed by atoms with van der Waals surface area (Å²) in [6.45, 7) is 1.67. The Morgan fingerprint density at radius 3 is 2.58 bits per heavy atom. The smallest absolute Gasteiger partial charge is 0.338 e. The number of ketones is 1. The van der Waals surface area contributed by atoms with Crippen LogP contribution in [0.25, 0.3) is 0 Å². The quantitative estimate of drug-likeness (QED) is 0.597. The van der Waals surface area contributed by atoms with Crippen LogP contribution in [0.15, 0.2) is 18.2 Å². The van der Waals surface area contributed by atoms with E-state index in [0.717, 1.165) is 6.07 Å². The molecule has 0 spiro atoms. The van der Waals surface area contributed by atoms with Gasteiger partial charge in [-0.2, -0.15) is 0 Å². The van der Waals surface area contributed by atoms with E-state index in [-0.39, 0.29) is 30.3 Å². The first-order valence-corrected chi connectivity index (χ1v) is 6.18. The van der Waals surface area contributed by atoms with E-state index in [1.54, 1.807) is 6.92 Å². The lowest BCUT2D eigenvalue weighted by Gasteiger charge is -2.10. The SMILES string of the molecule is CCOC(=O)c1cc(CC(=O)CCl)ccc1C(F)F.